The Labute approximate surface area is 174 Å². The third-order valence-corrected chi connectivity index (χ3v) is 5.96. The molecule has 0 N–H and O–H groups in total. The van der Waals surface area contributed by atoms with E-state index >= 15 is 0 Å². The molecule has 1 saturated heterocycles. The van der Waals surface area contributed by atoms with Crippen LogP contribution in [0.4, 0.5) is 5.69 Å². The lowest BCUT2D eigenvalue weighted by Gasteiger charge is -2.16. The molecule has 29 heavy (non-hydrogen) atoms. The maximum Gasteiger partial charge on any atom is 0.311 e. The van der Waals surface area contributed by atoms with Gasteiger partial charge in [-0.15, -0.1) is 11.3 Å². The maximum atomic E-state index is 12.5. The summed E-state index contributed by atoms with van der Waals surface area (Å²) >= 11 is 1.53. The molecular weight excluding hydrogens is 384 g/mol. The zero-order valence-electron chi connectivity index (χ0n) is 16.4. The van der Waals surface area contributed by atoms with Crippen molar-refractivity contribution in [1.29, 1.82) is 0 Å². The van der Waals surface area contributed by atoms with E-state index < -0.39 is 5.92 Å². The van der Waals surface area contributed by atoms with Crippen LogP contribution in [0, 0.1) is 19.8 Å². The molecule has 1 aliphatic heterocycles. The van der Waals surface area contributed by atoms with Crippen molar-refractivity contribution < 1.29 is 14.3 Å². The minimum Gasteiger partial charge on any atom is -0.459 e. The molecule has 0 unspecified atom stereocenters. The van der Waals surface area contributed by atoms with Crippen molar-refractivity contribution >= 4 is 28.9 Å². The highest BCUT2D eigenvalue weighted by Crippen LogP contribution is 2.27. The molecule has 1 amide bonds. The Hall–Kier alpha value is -2.99. The summed E-state index contributed by atoms with van der Waals surface area (Å²) in [5.74, 6) is -0.844. The SMILES string of the molecule is Cc1ccc(-c2nc(COC(=O)[C@@H]3CC(=O)N(c4ccc(C)cc4)C3)cs2)cc1. The van der Waals surface area contributed by atoms with Crippen molar-refractivity contribution in [2.75, 3.05) is 11.4 Å². The van der Waals surface area contributed by atoms with Crippen LogP contribution in [0.2, 0.25) is 0 Å². The Morgan fingerprint density at radius 1 is 1.10 bits per heavy atom. The predicted molar refractivity (Wildman–Crippen MR) is 114 cm³/mol. The van der Waals surface area contributed by atoms with Gasteiger partial charge in [-0.05, 0) is 26.0 Å². The second kappa shape index (κ2) is 8.17. The van der Waals surface area contributed by atoms with E-state index in [1.807, 2.05) is 67.8 Å². The minimum atomic E-state index is -0.445. The topological polar surface area (TPSA) is 59.5 Å². The van der Waals surface area contributed by atoms with Crippen molar-refractivity contribution in [1.82, 2.24) is 4.98 Å². The average molecular weight is 407 g/mol. The van der Waals surface area contributed by atoms with Gasteiger partial charge >= 0.3 is 5.97 Å². The first-order chi connectivity index (χ1) is 14.0. The van der Waals surface area contributed by atoms with Gasteiger partial charge in [0.2, 0.25) is 5.91 Å². The zero-order chi connectivity index (χ0) is 20.4. The first kappa shape index (κ1) is 19.3. The lowest BCUT2D eigenvalue weighted by molar-refractivity contribution is -0.149. The number of hydrogen-bond donors (Lipinski definition) is 0. The molecule has 5 nitrogen and oxygen atoms in total. The number of thiazole rings is 1. The van der Waals surface area contributed by atoms with Crippen molar-refractivity contribution in [2.45, 2.75) is 26.9 Å². The van der Waals surface area contributed by atoms with Gasteiger partial charge in [0.25, 0.3) is 0 Å². The van der Waals surface area contributed by atoms with Gasteiger partial charge < -0.3 is 9.64 Å². The smallest absolute Gasteiger partial charge is 0.311 e. The quantitative estimate of drug-likeness (QED) is 0.585. The van der Waals surface area contributed by atoms with Crippen LogP contribution in [0.15, 0.2) is 53.9 Å². The average Bonchev–Trinajstić information content (AvgIpc) is 3.34. The van der Waals surface area contributed by atoms with Crippen LogP contribution in [0.1, 0.15) is 23.2 Å². The summed E-state index contributed by atoms with van der Waals surface area (Å²) in [7, 11) is 0. The number of aromatic nitrogens is 1. The molecule has 2 aromatic carbocycles. The van der Waals surface area contributed by atoms with Gasteiger partial charge in [0.15, 0.2) is 0 Å². The molecule has 6 heteroatoms. The van der Waals surface area contributed by atoms with Gasteiger partial charge in [0.05, 0.1) is 11.6 Å². The third kappa shape index (κ3) is 4.38. The Morgan fingerprint density at radius 3 is 2.45 bits per heavy atom. The molecule has 4 rings (SSSR count). The number of carbonyl (C=O) groups excluding carboxylic acids is 2. The molecule has 0 radical (unpaired) electrons. The first-order valence-electron chi connectivity index (χ1n) is 9.55. The number of ether oxygens (including phenoxy) is 1. The molecule has 1 fully saturated rings. The van der Waals surface area contributed by atoms with Crippen LogP contribution in [-0.2, 0) is 20.9 Å². The normalized spacial score (nSPS) is 16.3. The van der Waals surface area contributed by atoms with E-state index in [9.17, 15) is 9.59 Å². The minimum absolute atomic E-state index is 0.0499. The summed E-state index contributed by atoms with van der Waals surface area (Å²) in [5.41, 5.74) is 4.92. The zero-order valence-corrected chi connectivity index (χ0v) is 17.2. The molecule has 1 aromatic heterocycles. The summed E-state index contributed by atoms with van der Waals surface area (Å²) in [4.78, 5) is 31.0. The molecule has 148 valence electrons. The highest BCUT2D eigenvalue weighted by atomic mass is 32.1. The number of aryl methyl sites for hydroxylation is 2. The largest absolute Gasteiger partial charge is 0.459 e. The highest BCUT2D eigenvalue weighted by molar-refractivity contribution is 7.13. The van der Waals surface area contributed by atoms with E-state index in [4.69, 9.17) is 4.74 Å². The Morgan fingerprint density at radius 2 is 1.76 bits per heavy atom. The maximum absolute atomic E-state index is 12.5. The van der Waals surface area contributed by atoms with E-state index in [-0.39, 0.29) is 24.9 Å². The molecule has 3 aromatic rings. The predicted octanol–water partition coefficient (Wildman–Crippen LogP) is 4.52. The molecule has 1 aliphatic rings. The van der Waals surface area contributed by atoms with Crippen molar-refractivity contribution in [3.8, 4) is 10.6 Å². The van der Waals surface area contributed by atoms with Gasteiger partial charge in [-0.3, -0.25) is 9.59 Å². The van der Waals surface area contributed by atoms with Crippen LogP contribution in [0.5, 0.6) is 0 Å². The molecule has 0 saturated carbocycles. The fourth-order valence-electron chi connectivity index (χ4n) is 3.30. The van der Waals surface area contributed by atoms with Gasteiger partial charge in [-0.25, -0.2) is 4.98 Å². The Bertz CT molecular complexity index is 1030. The summed E-state index contributed by atoms with van der Waals surface area (Å²) in [5, 5.41) is 2.80. The number of rotatable bonds is 5. The first-order valence-corrected chi connectivity index (χ1v) is 10.4. The number of benzene rings is 2. The number of anilines is 1. The number of esters is 1. The van der Waals surface area contributed by atoms with Gasteiger partial charge in [0, 0.05) is 29.6 Å². The second-order valence-electron chi connectivity index (χ2n) is 7.36. The molecule has 1 atom stereocenters. The Balaban J connectivity index is 1.35. The van der Waals surface area contributed by atoms with E-state index in [0.29, 0.717) is 6.54 Å². The van der Waals surface area contributed by atoms with Crippen LogP contribution in [0.25, 0.3) is 10.6 Å². The van der Waals surface area contributed by atoms with Crippen LogP contribution in [0.3, 0.4) is 0 Å². The summed E-state index contributed by atoms with van der Waals surface area (Å²) in [6.45, 7) is 4.52. The van der Waals surface area contributed by atoms with Crippen molar-refractivity contribution in [3.63, 3.8) is 0 Å². The van der Waals surface area contributed by atoms with E-state index in [2.05, 4.69) is 4.98 Å². The van der Waals surface area contributed by atoms with E-state index in [1.165, 1.54) is 16.9 Å². The van der Waals surface area contributed by atoms with E-state index in [1.54, 1.807) is 4.90 Å². The van der Waals surface area contributed by atoms with Crippen molar-refractivity contribution in [2.24, 2.45) is 5.92 Å². The lowest BCUT2D eigenvalue weighted by atomic mass is 10.1. The van der Waals surface area contributed by atoms with Gasteiger partial charge in [0.1, 0.15) is 11.6 Å². The van der Waals surface area contributed by atoms with Gasteiger partial charge in [-0.1, -0.05) is 47.5 Å². The third-order valence-electron chi connectivity index (χ3n) is 5.02. The summed E-state index contributed by atoms with van der Waals surface area (Å²) < 4.78 is 5.46. The number of amides is 1. The number of nitrogens with zero attached hydrogens (tertiary/aromatic N) is 2. The fourth-order valence-corrected chi connectivity index (χ4v) is 4.12. The molecule has 0 bridgehead atoms. The van der Waals surface area contributed by atoms with Crippen molar-refractivity contribution in [3.05, 3.63) is 70.7 Å². The van der Waals surface area contributed by atoms with Gasteiger partial charge in [-0.2, -0.15) is 0 Å². The van der Waals surface area contributed by atoms with Crippen LogP contribution < -0.4 is 4.90 Å². The number of carbonyl (C=O) groups is 2. The highest BCUT2D eigenvalue weighted by Gasteiger charge is 2.36. The van der Waals surface area contributed by atoms with E-state index in [0.717, 1.165) is 27.5 Å². The second-order valence-corrected chi connectivity index (χ2v) is 8.22. The standard InChI is InChI=1S/C23H22N2O3S/c1-15-3-7-17(8-4-15)22-24-19(14-29-22)13-28-23(27)18-11-21(26)25(12-18)20-9-5-16(2)6-10-20/h3-10,14,18H,11-13H2,1-2H3/t18-/m1/s1. The molecule has 0 aliphatic carbocycles. The monoisotopic (exact) mass is 406 g/mol. The summed E-state index contributed by atoms with van der Waals surface area (Å²) in [6, 6.07) is 15.9. The number of hydrogen-bond acceptors (Lipinski definition) is 5. The molecule has 0 spiro atoms. The summed E-state index contributed by atoms with van der Waals surface area (Å²) in [6.07, 6.45) is 0.179. The lowest BCUT2D eigenvalue weighted by Crippen LogP contribution is -2.26. The van der Waals surface area contributed by atoms with Crippen LogP contribution in [-0.4, -0.2) is 23.4 Å². The Kier molecular flexibility index (Phi) is 5.45. The van der Waals surface area contributed by atoms with Crippen LogP contribution >= 0.6 is 11.3 Å². The molecular formula is C23H22N2O3S. The molecule has 2 heterocycles. The fraction of sp³-hybridized carbons (Fsp3) is 0.261.